The van der Waals surface area contributed by atoms with E-state index >= 15 is 0 Å². The van der Waals surface area contributed by atoms with E-state index in [-0.39, 0.29) is 12.5 Å². The lowest BCUT2D eigenvalue weighted by atomic mass is 10.2. The lowest BCUT2D eigenvalue weighted by Crippen LogP contribution is -2.04. The smallest absolute Gasteiger partial charge is 0.257 e. The standard InChI is InChI=1S/C13H17N3O2/c1-9(2)12-15-13(18-16-12)10-3-5-11(6-4-10)14-7-8-17/h3-6,9,14,17H,7-8H2,1-2H3. The van der Waals surface area contributed by atoms with Gasteiger partial charge >= 0.3 is 0 Å². The van der Waals surface area contributed by atoms with Crippen molar-refractivity contribution in [1.29, 1.82) is 0 Å². The molecule has 2 rings (SSSR count). The Kier molecular flexibility index (Phi) is 3.94. The van der Waals surface area contributed by atoms with Crippen molar-refractivity contribution in [2.24, 2.45) is 0 Å². The highest BCUT2D eigenvalue weighted by Crippen LogP contribution is 2.21. The summed E-state index contributed by atoms with van der Waals surface area (Å²) in [6, 6.07) is 7.67. The Morgan fingerprint density at radius 2 is 2.00 bits per heavy atom. The first-order chi connectivity index (χ1) is 8.70. The van der Waals surface area contributed by atoms with Gasteiger partial charge in [-0.15, -0.1) is 0 Å². The molecule has 5 nitrogen and oxygen atoms in total. The fourth-order valence-electron chi connectivity index (χ4n) is 1.52. The fourth-order valence-corrected chi connectivity index (χ4v) is 1.52. The van der Waals surface area contributed by atoms with Gasteiger partial charge in [0.25, 0.3) is 5.89 Å². The third kappa shape index (κ3) is 2.87. The monoisotopic (exact) mass is 247 g/mol. The van der Waals surface area contributed by atoms with Crippen molar-refractivity contribution in [3.8, 4) is 11.5 Å². The van der Waals surface area contributed by atoms with E-state index in [1.54, 1.807) is 0 Å². The van der Waals surface area contributed by atoms with Crippen molar-refractivity contribution in [1.82, 2.24) is 10.1 Å². The molecule has 1 heterocycles. The minimum atomic E-state index is 0.114. The number of nitrogens with one attached hydrogen (secondary N) is 1. The van der Waals surface area contributed by atoms with Crippen molar-refractivity contribution in [3.05, 3.63) is 30.1 Å². The van der Waals surface area contributed by atoms with Crippen LogP contribution in [0, 0.1) is 0 Å². The van der Waals surface area contributed by atoms with Crippen molar-refractivity contribution < 1.29 is 9.63 Å². The number of aromatic nitrogens is 2. The average molecular weight is 247 g/mol. The van der Waals surface area contributed by atoms with Crippen LogP contribution in [0.5, 0.6) is 0 Å². The van der Waals surface area contributed by atoms with E-state index in [4.69, 9.17) is 9.63 Å². The van der Waals surface area contributed by atoms with Gasteiger partial charge < -0.3 is 14.9 Å². The molecular formula is C13H17N3O2. The lowest BCUT2D eigenvalue weighted by molar-refractivity contribution is 0.311. The van der Waals surface area contributed by atoms with Gasteiger partial charge in [-0.3, -0.25) is 0 Å². The normalized spacial score (nSPS) is 10.9. The molecule has 1 aromatic heterocycles. The number of aliphatic hydroxyl groups excluding tert-OH is 1. The highest BCUT2D eigenvalue weighted by molar-refractivity contribution is 5.58. The molecule has 96 valence electrons. The zero-order valence-electron chi connectivity index (χ0n) is 10.6. The van der Waals surface area contributed by atoms with Crippen LogP contribution in [0.3, 0.4) is 0 Å². The van der Waals surface area contributed by atoms with Crippen LogP contribution in [0.2, 0.25) is 0 Å². The molecule has 0 aliphatic carbocycles. The third-order valence-electron chi connectivity index (χ3n) is 2.53. The van der Waals surface area contributed by atoms with Crippen LogP contribution >= 0.6 is 0 Å². The molecule has 2 N–H and O–H groups in total. The summed E-state index contributed by atoms with van der Waals surface area (Å²) in [6.45, 7) is 4.70. The van der Waals surface area contributed by atoms with Gasteiger partial charge in [0.1, 0.15) is 0 Å². The molecule has 5 heteroatoms. The summed E-state index contributed by atoms with van der Waals surface area (Å²) in [5.41, 5.74) is 1.85. The second-order valence-corrected chi connectivity index (χ2v) is 4.34. The molecule has 0 saturated heterocycles. The number of anilines is 1. The van der Waals surface area contributed by atoms with E-state index in [0.717, 1.165) is 11.3 Å². The molecule has 0 radical (unpaired) electrons. The van der Waals surface area contributed by atoms with E-state index in [9.17, 15) is 0 Å². The molecule has 0 bridgehead atoms. The summed E-state index contributed by atoms with van der Waals surface area (Å²) < 4.78 is 5.21. The van der Waals surface area contributed by atoms with E-state index in [1.165, 1.54) is 0 Å². The van der Waals surface area contributed by atoms with Gasteiger partial charge in [-0.25, -0.2) is 0 Å². The van der Waals surface area contributed by atoms with Crippen molar-refractivity contribution in [3.63, 3.8) is 0 Å². The molecule has 0 aliphatic heterocycles. The summed E-state index contributed by atoms with van der Waals surface area (Å²) >= 11 is 0. The molecule has 0 aliphatic rings. The van der Waals surface area contributed by atoms with Crippen molar-refractivity contribution in [2.75, 3.05) is 18.5 Å². The minimum Gasteiger partial charge on any atom is -0.395 e. The fraction of sp³-hybridized carbons (Fsp3) is 0.385. The predicted octanol–water partition coefficient (Wildman–Crippen LogP) is 2.26. The Bertz CT molecular complexity index is 491. The van der Waals surface area contributed by atoms with Gasteiger partial charge in [-0.1, -0.05) is 19.0 Å². The Morgan fingerprint density at radius 1 is 1.28 bits per heavy atom. The molecule has 0 atom stereocenters. The van der Waals surface area contributed by atoms with Crippen molar-refractivity contribution >= 4 is 5.69 Å². The Labute approximate surface area is 106 Å². The summed E-state index contributed by atoms with van der Waals surface area (Å²) in [5.74, 6) is 1.51. The maximum absolute atomic E-state index is 8.72. The molecule has 18 heavy (non-hydrogen) atoms. The van der Waals surface area contributed by atoms with E-state index in [2.05, 4.69) is 15.5 Å². The maximum atomic E-state index is 8.72. The van der Waals surface area contributed by atoms with Crippen molar-refractivity contribution in [2.45, 2.75) is 19.8 Å². The largest absolute Gasteiger partial charge is 0.395 e. The minimum absolute atomic E-state index is 0.114. The lowest BCUT2D eigenvalue weighted by Gasteiger charge is -2.03. The SMILES string of the molecule is CC(C)c1noc(-c2ccc(NCCO)cc2)n1. The highest BCUT2D eigenvalue weighted by Gasteiger charge is 2.10. The highest BCUT2D eigenvalue weighted by atomic mass is 16.5. The quantitative estimate of drug-likeness (QED) is 0.848. The van der Waals surface area contributed by atoms with Gasteiger partial charge in [0.05, 0.1) is 6.61 Å². The zero-order valence-corrected chi connectivity index (χ0v) is 10.6. The molecular weight excluding hydrogens is 230 g/mol. The number of nitrogens with zero attached hydrogens (tertiary/aromatic N) is 2. The summed E-state index contributed by atoms with van der Waals surface area (Å²) in [7, 11) is 0. The maximum Gasteiger partial charge on any atom is 0.257 e. The summed E-state index contributed by atoms with van der Waals surface area (Å²) in [4.78, 5) is 4.33. The first kappa shape index (κ1) is 12.6. The molecule has 0 fully saturated rings. The van der Waals surface area contributed by atoms with Crippen LogP contribution in [0.25, 0.3) is 11.5 Å². The Morgan fingerprint density at radius 3 is 2.56 bits per heavy atom. The Balaban J connectivity index is 2.12. The first-order valence-corrected chi connectivity index (χ1v) is 5.99. The number of hydrogen-bond donors (Lipinski definition) is 2. The molecule has 0 spiro atoms. The van der Waals surface area contributed by atoms with Crippen LogP contribution in [0.4, 0.5) is 5.69 Å². The van der Waals surface area contributed by atoms with Gasteiger partial charge in [0.15, 0.2) is 5.82 Å². The van der Waals surface area contributed by atoms with E-state index in [1.807, 2.05) is 38.1 Å². The summed E-state index contributed by atoms with van der Waals surface area (Å²) in [5, 5.41) is 15.7. The average Bonchev–Trinajstić information content (AvgIpc) is 2.87. The van der Waals surface area contributed by atoms with Gasteiger partial charge in [0, 0.05) is 23.7 Å². The topological polar surface area (TPSA) is 71.2 Å². The first-order valence-electron chi connectivity index (χ1n) is 5.99. The number of rotatable bonds is 5. The van der Waals surface area contributed by atoms with Gasteiger partial charge in [-0.05, 0) is 24.3 Å². The molecule has 2 aromatic rings. The van der Waals surface area contributed by atoms with E-state index in [0.29, 0.717) is 18.3 Å². The number of aliphatic hydroxyl groups is 1. The van der Waals surface area contributed by atoms with E-state index < -0.39 is 0 Å². The van der Waals surface area contributed by atoms with Gasteiger partial charge in [-0.2, -0.15) is 4.98 Å². The third-order valence-corrected chi connectivity index (χ3v) is 2.53. The number of hydrogen-bond acceptors (Lipinski definition) is 5. The summed E-state index contributed by atoms with van der Waals surface area (Å²) in [6.07, 6.45) is 0. The van der Waals surface area contributed by atoms with Crippen LogP contribution in [0.1, 0.15) is 25.6 Å². The molecule has 0 saturated carbocycles. The van der Waals surface area contributed by atoms with Gasteiger partial charge in [0.2, 0.25) is 0 Å². The second-order valence-electron chi connectivity index (χ2n) is 4.34. The van der Waals surface area contributed by atoms with Crippen LogP contribution in [-0.2, 0) is 0 Å². The predicted molar refractivity (Wildman–Crippen MR) is 69.4 cm³/mol. The van der Waals surface area contributed by atoms with Crippen LogP contribution in [0.15, 0.2) is 28.8 Å². The molecule has 0 amide bonds. The molecule has 0 unspecified atom stereocenters. The Hall–Kier alpha value is -1.88. The van der Waals surface area contributed by atoms with Crippen LogP contribution in [-0.4, -0.2) is 28.4 Å². The second kappa shape index (κ2) is 5.64. The zero-order chi connectivity index (χ0) is 13.0. The number of benzene rings is 1. The van der Waals surface area contributed by atoms with Crippen LogP contribution < -0.4 is 5.32 Å². The molecule has 1 aromatic carbocycles.